The van der Waals surface area contributed by atoms with E-state index >= 15 is 0 Å². The van der Waals surface area contributed by atoms with Gasteiger partial charge < -0.3 is 20.1 Å². The SMILES string of the molecule is N=C1C=C2c3c(c[nH]c3C1=O)C[C@@H](C(=O)O)N2CCCO. The number of aromatic amines is 1. The summed E-state index contributed by atoms with van der Waals surface area (Å²) in [5.74, 6) is -1.33. The third-order valence-corrected chi connectivity index (χ3v) is 3.91. The van der Waals surface area contributed by atoms with Crippen molar-refractivity contribution in [3.63, 3.8) is 0 Å². The highest BCUT2D eigenvalue weighted by molar-refractivity contribution is 6.51. The number of allylic oxidation sites excluding steroid dienone is 1. The first-order chi connectivity index (χ1) is 10.0. The second-order valence-electron chi connectivity index (χ2n) is 5.17. The lowest BCUT2D eigenvalue weighted by atomic mass is 9.87. The van der Waals surface area contributed by atoms with E-state index in [9.17, 15) is 14.7 Å². The number of aliphatic carboxylic acids is 1. The lowest BCUT2D eigenvalue weighted by molar-refractivity contribution is -0.142. The molecule has 0 amide bonds. The Bertz CT molecular complexity index is 674. The number of hydrogen-bond donors (Lipinski definition) is 4. The number of aliphatic hydroxyl groups excluding tert-OH is 1. The maximum Gasteiger partial charge on any atom is 0.326 e. The van der Waals surface area contributed by atoms with Gasteiger partial charge in [-0.1, -0.05) is 0 Å². The van der Waals surface area contributed by atoms with Crippen LogP contribution in [0, 0.1) is 5.41 Å². The lowest BCUT2D eigenvalue weighted by Crippen LogP contribution is -2.46. The molecule has 7 nitrogen and oxygen atoms in total. The van der Waals surface area contributed by atoms with Crippen molar-refractivity contribution in [3.8, 4) is 0 Å². The van der Waals surface area contributed by atoms with Gasteiger partial charge in [-0.15, -0.1) is 0 Å². The highest BCUT2D eigenvalue weighted by Gasteiger charge is 2.39. The van der Waals surface area contributed by atoms with E-state index < -0.39 is 12.0 Å². The van der Waals surface area contributed by atoms with Crippen LogP contribution in [0.15, 0.2) is 12.3 Å². The Morgan fingerprint density at radius 2 is 2.29 bits per heavy atom. The van der Waals surface area contributed by atoms with Gasteiger partial charge in [-0.2, -0.15) is 0 Å². The van der Waals surface area contributed by atoms with Crippen molar-refractivity contribution in [2.45, 2.75) is 18.9 Å². The van der Waals surface area contributed by atoms with Crippen molar-refractivity contribution in [1.29, 1.82) is 5.41 Å². The van der Waals surface area contributed by atoms with E-state index in [4.69, 9.17) is 10.5 Å². The molecule has 1 atom stereocenters. The van der Waals surface area contributed by atoms with Crippen molar-refractivity contribution in [2.24, 2.45) is 0 Å². The zero-order chi connectivity index (χ0) is 15.1. The second-order valence-corrected chi connectivity index (χ2v) is 5.17. The summed E-state index contributed by atoms with van der Waals surface area (Å²) >= 11 is 0. The molecule has 2 heterocycles. The number of ketones is 1. The minimum absolute atomic E-state index is 0.0423. The van der Waals surface area contributed by atoms with Crippen LogP contribution in [-0.2, 0) is 11.2 Å². The van der Waals surface area contributed by atoms with Gasteiger partial charge in [0.15, 0.2) is 0 Å². The number of H-pyrrole nitrogens is 1. The van der Waals surface area contributed by atoms with Crippen LogP contribution < -0.4 is 0 Å². The van der Waals surface area contributed by atoms with Crippen LogP contribution >= 0.6 is 0 Å². The summed E-state index contributed by atoms with van der Waals surface area (Å²) in [6.45, 7) is 0.324. The van der Waals surface area contributed by atoms with Crippen LogP contribution in [0.4, 0.5) is 0 Å². The number of aromatic nitrogens is 1. The number of carboxylic acid groups (broad SMARTS) is 1. The third-order valence-electron chi connectivity index (χ3n) is 3.91. The van der Waals surface area contributed by atoms with Crippen LogP contribution in [0.25, 0.3) is 5.70 Å². The van der Waals surface area contributed by atoms with Gasteiger partial charge in [0.25, 0.3) is 0 Å². The number of carbonyl (C=O) groups excluding carboxylic acids is 1. The van der Waals surface area contributed by atoms with Gasteiger partial charge in [0.1, 0.15) is 11.8 Å². The maximum atomic E-state index is 12.0. The molecule has 0 fully saturated rings. The van der Waals surface area contributed by atoms with E-state index in [2.05, 4.69) is 4.98 Å². The average Bonchev–Trinajstić information content (AvgIpc) is 2.87. The molecule has 2 aliphatic rings. The number of rotatable bonds is 4. The summed E-state index contributed by atoms with van der Waals surface area (Å²) < 4.78 is 0. The van der Waals surface area contributed by atoms with E-state index in [-0.39, 0.29) is 18.1 Å². The van der Waals surface area contributed by atoms with Gasteiger partial charge in [0, 0.05) is 37.0 Å². The fourth-order valence-corrected chi connectivity index (χ4v) is 2.96. The normalized spacial score (nSPS) is 20.3. The molecule has 1 aromatic heterocycles. The highest BCUT2D eigenvalue weighted by Crippen LogP contribution is 2.37. The number of nitrogens with zero attached hydrogens (tertiary/aromatic N) is 1. The van der Waals surface area contributed by atoms with Crippen molar-refractivity contribution < 1.29 is 19.8 Å². The van der Waals surface area contributed by atoms with Crippen LogP contribution in [0.1, 0.15) is 28.0 Å². The van der Waals surface area contributed by atoms with Gasteiger partial charge in [-0.3, -0.25) is 10.2 Å². The summed E-state index contributed by atoms with van der Waals surface area (Å²) in [4.78, 5) is 28.0. The average molecular weight is 289 g/mol. The molecule has 0 spiro atoms. The maximum absolute atomic E-state index is 12.0. The van der Waals surface area contributed by atoms with Crippen molar-refractivity contribution in [1.82, 2.24) is 9.88 Å². The molecule has 0 radical (unpaired) electrons. The molecule has 21 heavy (non-hydrogen) atoms. The van der Waals surface area contributed by atoms with Crippen LogP contribution in [0.3, 0.4) is 0 Å². The van der Waals surface area contributed by atoms with Gasteiger partial charge >= 0.3 is 5.97 Å². The first kappa shape index (κ1) is 13.6. The molecule has 1 aromatic rings. The number of hydrogen-bond acceptors (Lipinski definition) is 5. The molecule has 4 N–H and O–H groups in total. The largest absolute Gasteiger partial charge is 0.480 e. The van der Waals surface area contributed by atoms with Gasteiger partial charge in [-0.05, 0) is 18.1 Å². The number of nitrogens with one attached hydrogen (secondary N) is 2. The fourth-order valence-electron chi connectivity index (χ4n) is 2.96. The number of carbonyl (C=O) groups is 2. The molecule has 1 aliphatic heterocycles. The Hall–Kier alpha value is -2.41. The Labute approximate surface area is 120 Å². The molecule has 0 saturated heterocycles. The molecular formula is C14H15N3O4. The number of carboxylic acids is 1. The highest BCUT2D eigenvalue weighted by atomic mass is 16.4. The number of Topliss-reactive ketones (excluding diaryl/α,β-unsaturated/α-hetero) is 1. The van der Waals surface area contributed by atoms with Crippen LogP contribution in [0.5, 0.6) is 0 Å². The van der Waals surface area contributed by atoms with E-state index in [1.165, 1.54) is 6.08 Å². The molecule has 0 aromatic carbocycles. The Morgan fingerprint density at radius 3 is 2.95 bits per heavy atom. The lowest BCUT2D eigenvalue weighted by Gasteiger charge is -2.38. The Morgan fingerprint density at radius 1 is 1.52 bits per heavy atom. The summed E-state index contributed by atoms with van der Waals surface area (Å²) in [6, 6.07) is -0.750. The van der Waals surface area contributed by atoms with E-state index in [1.54, 1.807) is 11.1 Å². The molecule has 3 rings (SSSR count). The summed E-state index contributed by atoms with van der Waals surface area (Å²) in [6.07, 6.45) is 3.80. The van der Waals surface area contributed by atoms with E-state index in [0.29, 0.717) is 36.3 Å². The summed E-state index contributed by atoms with van der Waals surface area (Å²) in [7, 11) is 0. The van der Waals surface area contributed by atoms with Gasteiger partial charge in [0.2, 0.25) is 5.78 Å². The summed E-state index contributed by atoms with van der Waals surface area (Å²) in [5, 5.41) is 26.2. The Kier molecular flexibility index (Phi) is 3.13. The number of aliphatic hydroxyl groups is 1. The molecule has 1 aliphatic carbocycles. The van der Waals surface area contributed by atoms with E-state index in [0.717, 1.165) is 5.56 Å². The molecular weight excluding hydrogens is 274 g/mol. The smallest absolute Gasteiger partial charge is 0.326 e. The van der Waals surface area contributed by atoms with Crippen LogP contribution in [0.2, 0.25) is 0 Å². The quantitative estimate of drug-likeness (QED) is 0.634. The minimum atomic E-state index is -0.953. The summed E-state index contributed by atoms with van der Waals surface area (Å²) in [5.41, 5.74) is 2.26. The molecule has 7 heteroatoms. The molecule has 0 unspecified atom stereocenters. The first-order valence-corrected chi connectivity index (χ1v) is 6.70. The monoisotopic (exact) mass is 289 g/mol. The topological polar surface area (TPSA) is 117 Å². The zero-order valence-corrected chi connectivity index (χ0v) is 11.2. The standard InChI is InChI=1S/C14H15N3O4/c15-8-5-9-11-7(6-16-12(11)13(8)19)4-10(14(20)21)17(9)2-1-3-18/h5-6,10,15-16,18H,1-4H2,(H,20,21)/t10-/m0/s1. The van der Waals surface area contributed by atoms with Crippen LogP contribution in [-0.4, -0.2) is 56.8 Å². The molecule has 110 valence electrons. The minimum Gasteiger partial charge on any atom is -0.480 e. The fraction of sp³-hybridized carbons (Fsp3) is 0.357. The molecule has 0 saturated carbocycles. The zero-order valence-electron chi connectivity index (χ0n) is 11.2. The van der Waals surface area contributed by atoms with Crippen molar-refractivity contribution >= 4 is 23.2 Å². The predicted molar refractivity (Wildman–Crippen MR) is 74.4 cm³/mol. The third kappa shape index (κ3) is 1.97. The van der Waals surface area contributed by atoms with Gasteiger partial charge in [0.05, 0.1) is 5.69 Å². The Balaban J connectivity index is 2.12. The van der Waals surface area contributed by atoms with E-state index in [1.807, 2.05) is 0 Å². The van der Waals surface area contributed by atoms with Crippen molar-refractivity contribution in [3.05, 3.63) is 29.1 Å². The predicted octanol–water partition coefficient (Wildman–Crippen LogP) is 0.265. The second kappa shape index (κ2) is 4.85. The molecule has 0 bridgehead atoms. The first-order valence-electron chi connectivity index (χ1n) is 6.70. The van der Waals surface area contributed by atoms with Crippen molar-refractivity contribution in [2.75, 3.05) is 13.2 Å². The van der Waals surface area contributed by atoms with Gasteiger partial charge in [-0.25, -0.2) is 4.79 Å².